The maximum Gasteiger partial charge on any atom is 0.434 e. The summed E-state index contributed by atoms with van der Waals surface area (Å²) in [6.07, 6.45) is 0. The molecule has 5 N–H and O–H groups in total. The minimum atomic E-state index is -0.730. The zero-order valence-corrected chi connectivity index (χ0v) is 19.4. The number of carbonyl (C=O) groups excluding carboxylic acids is 1. The highest BCUT2D eigenvalue weighted by atomic mass is 35.5. The first kappa shape index (κ1) is 26.0. The van der Waals surface area contributed by atoms with Crippen molar-refractivity contribution in [1.29, 1.82) is 0 Å². The molecule has 13 heteroatoms. The minimum absolute atomic E-state index is 0.0592. The van der Waals surface area contributed by atoms with E-state index in [9.17, 15) is 24.1 Å². The predicted molar refractivity (Wildman–Crippen MR) is 122 cm³/mol. The van der Waals surface area contributed by atoms with Crippen molar-refractivity contribution in [3.63, 3.8) is 0 Å². The summed E-state index contributed by atoms with van der Waals surface area (Å²) in [4.78, 5) is 31.6. The van der Waals surface area contributed by atoms with Crippen molar-refractivity contribution in [3.05, 3.63) is 83.9 Å². The molecule has 0 saturated heterocycles. The molecular weight excluding hydrogens is 477 g/mol. The average molecular weight is 498 g/mol. The fourth-order valence-corrected chi connectivity index (χ4v) is 3.56. The number of primary amides is 1. The first-order valence-electron chi connectivity index (χ1n) is 9.38. The second-order valence-corrected chi connectivity index (χ2v) is 8.00. The number of aryl methyl sites for hydroxylation is 1. The van der Waals surface area contributed by atoms with Gasteiger partial charge < -0.3 is 15.9 Å². The van der Waals surface area contributed by atoms with Gasteiger partial charge in [0.05, 0.1) is 16.5 Å². The quantitative estimate of drug-likeness (QED) is 0.237. The van der Waals surface area contributed by atoms with Gasteiger partial charge in [-0.3, -0.25) is 14.9 Å². The van der Waals surface area contributed by atoms with Gasteiger partial charge in [0, 0.05) is 16.9 Å². The summed E-state index contributed by atoms with van der Waals surface area (Å²) in [6.45, 7) is 5.53. The van der Waals surface area contributed by atoms with E-state index >= 15 is 0 Å². The van der Waals surface area contributed by atoms with E-state index in [1.54, 1.807) is 13.0 Å². The van der Waals surface area contributed by atoms with Crippen LogP contribution in [0.15, 0.2) is 38.4 Å². The molecule has 0 aliphatic heterocycles. The molecule has 2 aromatic carbocycles. The smallest absolute Gasteiger partial charge is 0.391 e. The Morgan fingerprint density at radius 3 is 2.52 bits per heavy atom. The lowest BCUT2D eigenvalue weighted by Crippen LogP contribution is -2.20. The van der Waals surface area contributed by atoms with Gasteiger partial charge in [0.1, 0.15) is 10.8 Å². The number of nitrogens with one attached hydrogen (secondary N) is 1. The van der Waals surface area contributed by atoms with Crippen LogP contribution in [0.3, 0.4) is 0 Å². The van der Waals surface area contributed by atoms with Crippen LogP contribution in [0.1, 0.15) is 51.8 Å². The molecule has 0 spiro atoms. The van der Waals surface area contributed by atoms with Gasteiger partial charge >= 0.3 is 5.76 Å². The molecule has 0 bridgehead atoms. The summed E-state index contributed by atoms with van der Waals surface area (Å²) in [5.74, 6) is -1.99. The van der Waals surface area contributed by atoms with Gasteiger partial charge in [-0.25, -0.2) is 14.3 Å². The highest BCUT2D eigenvalue weighted by molar-refractivity contribution is 7.80. The molecular formula is C20H21ClFN5O5S. The molecule has 1 heterocycles. The van der Waals surface area contributed by atoms with Gasteiger partial charge in [-0.15, -0.1) is 17.7 Å². The Kier molecular flexibility index (Phi) is 8.36. The van der Waals surface area contributed by atoms with Gasteiger partial charge in [-0.05, 0) is 42.7 Å². The number of aromatic nitrogens is 2. The normalized spacial score (nSPS) is 12.5. The number of hydrogen-bond acceptors (Lipinski definition) is 8. The number of carbonyl (C=O) groups is 1. The lowest BCUT2D eigenvalue weighted by Gasteiger charge is -2.20. The largest absolute Gasteiger partial charge is 0.434 e. The number of thiol groups is 1. The number of H-pyrrole nitrogens is 1. The third-order valence-electron chi connectivity index (χ3n) is 4.99. The third-order valence-corrected chi connectivity index (χ3v) is 5.67. The lowest BCUT2D eigenvalue weighted by atomic mass is 9.88. The highest BCUT2D eigenvalue weighted by Gasteiger charge is 2.26. The Balaban J connectivity index is 0.000000245. The molecule has 1 aromatic heterocycles. The Morgan fingerprint density at radius 2 is 2.00 bits per heavy atom. The van der Waals surface area contributed by atoms with Gasteiger partial charge in [0.15, 0.2) is 0 Å². The Morgan fingerprint density at radius 1 is 1.36 bits per heavy atom. The molecule has 10 nitrogen and oxygen atoms in total. The van der Waals surface area contributed by atoms with Crippen LogP contribution in [-0.2, 0) is 0 Å². The highest BCUT2D eigenvalue weighted by Crippen LogP contribution is 2.32. The molecule has 0 radical (unpaired) electrons. The molecule has 0 aliphatic rings. The monoisotopic (exact) mass is 497 g/mol. The van der Waals surface area contributed by atoms with Crippen molar-refractivity contribution >= 4 is 35.8 Å². The zero-order valence-electron chi connectivity index (χ0n) is 17.8. The molecule has 2 atom stereocenters. The van der Waals surface area contributed by atoms with Crippen molar-refractivity contribution in [1.82, 2.24) is 10.2 Å². The lowest BCUT2D eigenvalue weighted by molar-refractivity contribution is -0.384. The summed E-state index contributed by atoms with van der Waals surface area (Å²) in [5, 5.41) is 16.1. The van der Waals surface area contributed by atoms with Crippen molar-refractivity contribution in [3.8, 4) is 0 Å². The van der Waals surface area contributed by atoms with E-state index in [1.807, 2.05) is 13.8 Å². The number of nitro groups is 1. The van der Waals surface area contributed by atoms with E-state index in [2.05, 4.69) is 22.8 Å². The van der Waals surface area contributed by atoms with Crippen molar-refractivity contribution in [2.45, 2.75) is 37.6 Å². The van der Waals surface area contributed by atoms with Crippen molar-refractivity contribution in [2.24, 2.45) is 11.5 Å². The number of benzene rings is 2. The summed E-state index contributed by atoms with van der Waals surface area (Å²) < 4.78 is 18.8. The van der Waals surface area contributed by atoms with Gasteiger partial charge in [-0.2, -0.15) is 0 Å². The maximum absolute atomic E-state index is 14.0. The topological polar surface area (TPSA) is 171 Å². The fraction of sp³-hybridized carbons (Fsp3) is 0.250. The number of nitro benzene ring substituents is 1. The van der Waals surface area contributed by atoms with E-state index in [0.717, 1.165) is 23.3 Å². The SMILES string of the molecule is Cc1ccc(F)c(C(C)C(N)c2n[nH]c(=O)o2)c1C.NC(=O)c1cc(Cl)c([N+](=O)[O-])cc1S. The average Bonchev–Trinajstić information content (AvgIpc) is 3.18. The number of amides is 1. The van der Waals surface area contributed by atoms with Gasteiger partial charge in [0.2, 0.25) is 11.8 Å². The van der Waals surface area contributed by atoms with Crippen molar-refractivity contribution < 1.29 is 18.5 Å². The molecule has 3 aromatic rings. The fourth-order valence-electron chi connectivity index (χ4n) is 3.03. The van der Waals surface area contributed by atoms with Crippen LogP contribution in [0.2, 0.25) is 5.02 Å². The molecule has 0 aliphatic carbocycles. The Labute approximate surface area is 197 Å². The van der Waals surface area contributed by atoms with Crippen LogP contribution in [-0.4, -0.2) is 21.0 Å². The van der Waals surface area contributed by atoms with E-state index in [0.29, 0.717) is 5.56 Å². The molecule has 176 valence electrons. The van der Waals surface area contributed by atoms with E-state index in [4.69, 9.17) is 27.5 Å². The molecule has 1 amide bonds. The summed E-state index contributed by atoms with van der Waals surface area (Å²) in [7, 11) is 0. The van der Waals surface area contributed by atoms with Crippen LogP contribution in [0.4, 0.5) is 10.1 Å². The first-order valence-corrected chi connectivity index (χ1v) is 10.2. The van der Waals surface area contributed by atoms with Crippen LogP contribution in [0.5, 0.6) is 0 Å². The van der Waals surface area contributed by atoms with Crippen LogP contribution in [0, 0.1) is 29.8 Å². The number of halogens is 2. The molecule has 0 saturated carbocycles. The number of nitrogens with zero attached hydrogens (tertiary/aromatic N) is 2. The standard InChI is InChI=1S/C13H16FN3O2.C7H5ClN2O3S/c1-6-4-5-9(14)10(7(6)2)8(3)11(15)12-16-17-13(18)19-12;8-4-1-3(7(9)11)6(14)2-5(4)10(12)13/h4-5,8,11H,15H2,1-3H3,(H,17,18);1-2,14H,(H2,9,11). The van der Waals surface area contributed by atoms with Crippen LogP contribution in [0.25, 0.3) is 0 Å². The third kappa shape index (κ3) is 5.97. The molecule has 0 fully saturated rings. The van der Waals surface area contributed by atoms with Gasteiger partial charge in [-0.1, -0.05) is 24.6 Å². The van der Waals surface area contributed by atoms with Gasteiger partial charge in [0.25, 0.3) is 5.69 Å². The summed E-state index contributed by atoms with van der Waals surface area (Å²) >= 11 is 9.44. The summed E-state index contributed by atoms with van der Waals surface area (Å²) in [6, 6.07) is 4.67. The number of aromatic amines is 1. The van der Waals surface area contributed by atoms with E-state index in [-0.39, 0.29) is 38.8 Å². The zero-order chi connectivity index (χ0) is 25.0. The molecule has 3 rings (SSSR count). The molecule has 2 unspecified atom stereocenters. The second kappa shape index (κ2) is 10.6. The van der Waals surface area contributed by atoms with E-state index < -0.39 is 22.6 Å². The number of hydrogen-bond donors (Lipinski definition) is 4. The predicted octanol–water partition coefficient (Wildman–Crippen LogP) is 3.56. The minimum Gasteiger partial charge on any atom is -0.391 e. The Bertz CT molecular complexity index is 1220. The Hall–Kier alpha value is -3.22. The van der Waals surface area contributed by atoms with Crippen LogP contribution >= 0.6 is 24.2 Å². The molecule has 33 heavy (non-hydrogen) atoms. The number of rotatable bonds is 5. The summed E-state index contributed by atoms with van der Waals surface area (Å²) in [5.41, 5.74) is 13.1. The van der Waals surface area contributed by atoms with Crippen molar-refractivity contribution in [2.75, 3.05) is 0 Å². The second-order valence-electron chi connectivity index (χ2n) is 7.11. The van der Waals surface area contributed by atoms with Crippen LogP contribution < -0.4 is 17.2 Å². The van der Waals surface area contributed by atoms with E-state index in [1.165, 1.54) is 6.07 Å². The maximum atomic E-state index is 14.0. The number of nitrogens with two attached hydrogens (primary N) is 2. The first-order chi connectivity index (χ1) is 15.3.